The summed E-state index contributed by atoms with van der Waals surface area (Å²) in [4.78, 5) is 28.0. The van der Waals surface area contributed by atoms with Gasteiger partial charge in [0.25, 0.3) is 11.8 Å². The van der Waals surface area contributed by atoms with Crippen LogP contribution in [0, 0.1) is 5.92 Å². The number of rotatable bonds is 5. The van der Waals surface area contributed by atoms with Crippen LogP contribution in [0.15, 0.2) is 42.5 Å². The summed E-state index contributed by atoms with van der Waals surface area (Å²) >= 11 is 12.2. The van der Waals surface area contributed by atoms with Crippen LogP contribution in [0.25, 0.3) is 0 Å². The highest BCUT2D eigenvalue weighted by molar-refractivity contribution is 6.40. The van der Waals surface area contributed by atoms with Crippen molar-refractivity contribution in [3.8, 4) is 0 Å². The number of hydrogen-bond acceptors (Lipinski definition) is 3. The summed E-state index contributed by atoms with van der Waals surface area (Å²) < 4.78 is 0. The third kappa shape index (κ3) is 5.22. The van der Waals surface area contributed by atoms with Gasteiger partial charge in [-0.3, -0.25) is 9.59 Å². The summed E-state index contributed by atoms with van der Waals surface area (Å²) in [6, 6.07) is 12.4. The number of carbonyl (C=O) groups excluding carboxylic acids is 2. The monoisotopic (exact) mass is 459 g/mol. The average molecular weight is 460 g/mol. The van der Waals surface area contributed by atoms with Gasteiger partial charge in [0.15, 0.2) is 0 Å². The highest BCUT2D eigenvalue weighted by atomic mass is 35.5. The van der Waals surface area contributed by atoms with Crippen LogP contribution in [-0.2, 0) is 0 Å². The van der Waals surface area contributed by atoms with E-state index in [1.54, 1.807) is 42.5 Å². The number of amides is 2. The van der Waals surface area contributed by atoms with Gasteiger partial charge in [0, 0.05) is 23.8 Å². The minimum absolute atomic E-state index is 0.125. The van der Waals surface area contributed by atoms with Crippen LogP contribution in [-0.4, -0.2) is 42.4 Å². The molecular weight excluding hydrogens is 433 g/mol. The van der Waals surface area contributed by atoms with E-state index in [4.69, 9.17) is 23.2 Å². The molecule has 2 aromatic carbocycles. The van der Waals surface area contributed by atoms with Crippen molar-refractivity contribution in [2.24, 2.45) is 5.92 Å². The Kier molecular flexibility index (Phi) is 7.16. The molecule has 4 rings (SSSR count). The molecule has 2 N–H and O–H groups in total. The third-order valence-corrected chi connectivity index (χ3v) is 6.96. The number of carbonyl (C=O) groups is 2. The van der Waals surface area contributed by atoms with E-state index < -0.39 is 5.91 Å². The van der Waals surface area contributed by atoms with E-state index in [1.807, 2.05) is 0 Å². The van der Waals surface area contributed by atoms with Crippen LogP contribution in [0.2, 0.25) is 10.0 Å². The van der Waals surface area contributed by atoms with Gasteiger partial charge in [0.05, 0.1) is 15.6 Å². The van der Waals surface area contributed by atoms with Crippen molar-refractivity contribution in [3.63, 3.8) is 0 Å². The summed E-state index contributed by atoms with van der Waals surface area (Å²) in [5.41, 5.74) is 1.25. The number of nitrogens with zero attached hydrogens (tertiary/aromatic N) is 1. The topological polar surface area (TPSA) is 61.4 Å². The van der Waals surface area contributed by atoms with Gasteiger partial charge in [-0.2, -0.15) is 0 Å². The van der Waals surface area contributed by atoms with Crippen LogP contribution >= 0.6 is 23.2 Å². The SMILES string of the molecule is O=C(NC[C@@H]1CCCN2CCCC[C@H]12)c1cccc(NC(=O)c2c(Cl)cccc2Cl)c1. The molecule has 2 fully saturated rings. The predicted molar refractivity (Wildman–Crippen MR) is 125 cm³/mol. The Hall–Kier alpha value is -2.08. The molecule has 2 aromatic rings. The molecule has 2 atom stereocenters. The van der Waals surface area contributed by atoms with Gasteiger partial charge >= 0.3 is 0 Å². The fourth-order valence-corrected chi connectivity index (χ4v) is 5.36. The standard InChI is InChI=1S/C24H27Cl2N3O2/c25-19-9-4-10-20(26)22(19)24(31)28-18-8-3-6-16(14-18)23(30)27-15-17-7-5-13-29-12-2-1-11-21(17)29/h3-4,6,8-10,14,17,21H,1-2,5,7,11-13,15H2,(H,27,30)(H,28,31)/t17-,21+/m0/s1. The molecule has 0 unspecified atom stereocenters. The fraction of sp³-hybridized carbons (Fsp3) is 0.417. The number of piperidine rings is 2. The first-order chi connectivity index (χ1) is 15.0. The smallest absolute Gasteiger partial charge is 0.258 e. The number of benzene rings is 2. The molecule has 2 aliphatic rings. The molecular formula is C24H27Cl2N3O2. The third-order valence-electron chi connectivity index (χ3n) is 6.33. The molecule has 0 bridgehead atoms. The lowest BCUT2D eigenvalue weighted by Crippen LogP contribution is -2.51. The van der Waals surface area contributed by atoms with Crippen molar-refractivity contribution in [1.82, 2.24) is 10.2 Å². The summed E-state index contributed by atoms with van der Waals surface area (Å²) in [6.45, 7) is 3.06. The van der Waals surface area contributed by atoms with Crippen LogP contribution in [0.3, 0.4) is 0 Å². The fourth-order valence-electron chi connectivity index (χ4n) is 4.79. The van der Waals surface area contributed by atoms with E-state index >= 15 is 0 Å². The maximum atomic E-state index is 12.8. The van der Waals surface area contributed by atoms with E-state index in [-0.39, 0.29) is 21.5 Å². The van der Waals surface area contributed by atoms with E-state index in [9.17, 15) is 9.59 Å². The zero-order valence-electron chi connectivity index (χ0n) is 17.4. The number of halogens is 2. The number of anilines is 1. The predicted octanol–water partition coefficient (Wildman–Crippen LogP) is 5.24. The maximum Gasteiger partial charge on any atom is 0.258 e. The van der Waals surface area contributed by atoms with E-state index in [0.717, 1.165) is 6.42 Å². The number of nitrogens with one attached hydrogen (secondary N) is 2. The molecule has 5 nitrogen and oxygen atoms in total. The zero-order valence-corrected chi connectivity index (χ0v) is 18.9. The van der Waals surface area contributed by atoms with Crippen LogP contribution in [0.4, 0.5) is 5.69 Å². The molecule has 164 valence electrons. The second-order valence-electron chi connectivity index (χ2n) is 8.34. The van der Waals surface area contributed by atoms with Gasteiger partial charge in [-0.25, -0.2) is 0 Å². The molecule has 31 heavy (non-hydrogen) atoms. The minimum Gasteiger partial charge on any atom is -0.352 e. The van der Waals surface area contributed by atoms with Crippen LogP contribution in [0.1, 0.15) is 52.8 Å². The molecule has 2 heterocycles. The number of hydrogen-bond donors (Lipinski definition) is 2. The van der Waals surface area contributed by atoms with Gasteiger partial charge in [-0.05, 0) is 75.0 Å². The van der Waals surface area contributed by atoms with Crippen molar-refractivity contribution in [2.75, 3.05) is 25.0 Å². The van der Waals surface area contributed by atoms with Gasteiger partial charge < -0.3 is 15.5 Å². The van der Waals surface area contributed by atoms with Crippen molar-refractivity contribution in [1.29, 1.82) is 0 Å². The summed E-state index contributed by atoms with van der Waals surface area (Å²) in [6.07, 6.45) is 6.16. The summed E-state index contributed by atoms with van der Waals surface area (Å²) in [7, 11) is 0. The highest BCUT2D eigenvalue weighted by Crippen LogP contribution is 2.30. The van der Waals surface area contributed by atoms with Crippen LogP contribution in [0.5, 0.6) is 0 Å². The van der Waals surface area contributed by atoms with Crippen molar-refractivity contribution >= 4 is 40.7 Å². The van der Waals surface area contributed by atoms with Crippen LogP contribution < -0.4 is 10.6 Å². The van der Waals surface area contributed by atoms with E-state index in [0.29, 0.717) is 29.8 Å². The van der Waals surface area contributed by atoms with Crippen molar-refractivity contribution < 1.29 is 9.59 Å². The molecule has 0 radical (unpaired) electrons. The maximum absolute atomic E-state index is 12.8. The van der Waals surface area contributed by atoms with Gasteiger partial charge in [0.1, 0.15) is 0 Å². The van der Waals surface area contributed by atoms with Crippen molar-refractivity contribution in [2.45, 2.75) is 38.1 Å². The lowest BCUT2D eigenvalue weighted by atomic mass is 9.83. The molecule has 2 saturated heterocycles. The zero-order chi connectivity index (χ0) is 21.8. The normalized spacial score (nSPS) is 21.2. The lowest BCUT2D eigenvalue weighted by molar-refractivity contribution is 0.0575. The Morgan fingerprint density at radius 3 is 2.48 bits per heavy atom. The van der Waals surface area contributed by atoms with Gasteiger partial charge in [-0.1, -0.05) is 41.8 Å². The second-order valence-corrected chi connectivity index (χ2v) is 9.16. The molecule has 2 aliphatic heterocycles. The van der Waals surface area contributed by atoms with E-state index in [1.165, 1.54) is 38.8 Å². The Labute approximate surface area is 193 Å². The molecule has 7 heteroatoms. The van der Waals surface area contributed by atoms with Crippen molar-refractivity contribution in [3.05, 3.63) is 63.6 Å². The van der Waals surface area contributed by atoms with Gasteiger partial charge in [0.2, 0.25) is 0 Å². The highest BCUT2D eigenvalue weighted by Gasteiger charge is 2.33. The molecule has 2 amide bonds. The van der Waals surface area contributed by atoms with E-state index in [2.05, 4.69) is 15.5 Å². The Morgan fingerprint density at radius 1 is 0.935 bits per heavy atom. The lowest BCUT2D eigenvalue weighted by Gasteiger charge is -2.44. The first kappa shape index (κ1) is 22.1. The second kappa shape index (κ2) is 10.0. The van der Waals surface area contributed by atoms with Gasteiger partial charge in [-0.15, -0.1) is 0 Å². The Morgan fingerprint density at radius 2 is 1.68 bits per heavy atom. The quantitative estimate of drug-likeness (QED) is 0.642. The molecule has 0 saturated carbocycles. The summed E-state index contributed by atoms with van der Waals surface area (Å²) in [5.74, 6) is -0.0317. The summed E-state index contributed by atoms with van der Waals surface area (Å²) in [5, 5.41) is 6.46. The first-order valence-electron chi connectivity index (χ1n) is 10.9. The average Bonchev–Trinajstić information content (AvgIpc) is 2.77. The molecule has 0 aliphatic carbocycles. The number of fused-ring (bicyclic) bond motifs is 1. The largest absolute Gasteiger partial charge is 0.352 e. The Bertz CT molecular complexity index is 943. The minimum atomic E-state index is -0.409. The first-order valence-corrected chi connectivity index (χ1v) is 11.7. The Balaban J connectivity index is 1.38. The molecule has 0 spiro atoms. The molecule has 0 aromatic heterocycles.